The first-order chi connectivity index (χ1) is 13.2. The summed E-state index contributed by atoms with van der Waals surface area (Å²) >= 11 is 0. The van der Waals surface area contributed by atoms with Gasteiger partial charge in [-0.25, -0.2) is 4.39 Å². The van der Waals surface area contributed by atoms with Gasteiger partial charge in [0.2, 0.25) is 0 Å². The molecule has 1 atom stereocenters. The summed E-state index contributed by atoms with van der Waals surface area (Å²) in [4.78, 5) is 2.50. The summed E-state index contributed by atoms with van der Waals surface area (Å²) in [5.41, 5.74) is 1.92. The van der Waals surface area contributed by atoms with E-state index >= 15 is 0 Å². The first-order valence-corrected chi connectivity index (χ1v) is 9.77. The van der Waals surface area contributed by atoms with E-state index in [0.29, 0.717) is 6.42 Å². The number of likely N-dealkylation sites (tertiary alicyclic amines) is 1. The number of benzene rings is 2. The fourth-order valence-electron chi connectivity index (χ4n) is 3.31. The SMILES string of the molecule is [CH2]CC(Oc1ccc(C#CCCN2CCCCC2)cc1)c1ccc(F)cc1. The number of piperidine rings is 1. The van der Waals surface area contributed by atoms with Gasteiger partial charge in [-0.1, -0.05) is 30.4 Å². The predicted octanol–water partition coefficient (Wildman–Crippen LogP) is 5.40. The first kappa shape index (κ1) is 19.5. The molecule has 2 aromatic rings. The van der Waals surface area contributed by atoms with E-state index in [1.165, 1.54) is 44.5 Å². The van der Waals surface area contributed by atoms with E-state index in [9.17, 15) is 4.39 Å². The van der Waals surface area contributed by atoms with Crippen molar-refractivity contribution >= 4 is 0 Å². The zero-order chi connectivity index (χ0) is 18.9. The molecule has 0 spiro atoms. The van der Waals surface area contributed by atoms with Gasteiger partial charge >= 0.3 is 0 Å². The van der Waals surface area contributed by atoms with Gasteiger partial charge in [0, 0.05) is 18.5 Å². The summed E-state index contributed by atoms with van der Waals surface area (Å²) in [6.45, 7) is 7.44. The molecule has 141 valence electrons. The van der Waals surface area contributed by atoms with Gasteiger partial charge in [0.15, 0.2) is 0 Å². The molecule has 1 aliphatic heterocycles. The number of hydrogen-bond acceptors (Lipinski definition) is 2. The number of halogens is 1. The average molecular weight is 364 g/mol. The van der Waals surface area contributed by atoms with Crippen molar-refractivity contribution in [1.82, 2.24) is 4.90 Å². The molecule has 1 fully saturated rings. The van der Waals surface area contributed by atoms with Crippen LogP contribution in [0.3, 0.4) is 0 Å². The largest absolute Gasteiger partial charge is 0.486 e. The zero-order valence-corrected chi connectivity index (χ0v) is 15.8. The Hall–Kier alpha value is -2.31. The van der Waals surface area contributed by atoms with Crippen molar-refractivity contribution < 1.29 is 9.13 Å². The average Bonchev–Trinajstić information content (AvgIpc) is 2.72. The first-order valence-electron chi connectivity index (χ1n) is 9.77. The van der Waals surface area contributed by atoms with E-state index in [-0.39, 0.29) is 11.9 Å². The highest BCUT2D eigenvalue weighted by atomic mass is 19.1. The second-order valence-corrected chi connectivity index (χ2v) is 6.93. The monoisotopic (exact) mass is 364 g/mol. The van der Waals surface area contributed by atoms with Crippen LogP contribution in [0.5, 0.6) is 5.75 Å². The van der Waals surface area contributed by atoms with Crippen molar-refractivity contribution in [2.75, 3.05) is 19.6 Å². The number of hydrogen-bond donors (Lipinski definition) is 0. The fraction of sp³-hybridized carbons (Fsp3) is 0.375. The molecule has 3 rings (SSSR count). The number of rotatable bonds is 6. The van der Waals surface area contributed by atoms with Crippen LogP contribution in [0, 0.1) is 24.6 Å². The molecule has 0 bridgehead atoms. The van der Waals surface area contributed by atoms with Crippen LogP contribution in [0.1, 0.15) is 49.3 Å². The Morgan fingerprint density at radius 1 is 1.00 bits per heavy atom. The summed E-state index contributed by atoms with van der Waals surface area (Å²) < 4.78 is 19.1. The molecule has 1 radical (unpaired) electrons. The molecule has 1 aliphatic rings. The Kier molecular flexibility index (Phi) is 7.30. The normalized spacial score (nSPS) is 15.6. The maximum Gasteiger partial charge on any atom is 0.124 e. The molecule has 27 heavy (non-hydrogen) atoms. The molecule has 0 aliphatic carbocycles. The Balaban J connectivity index is 1.52. The van der Waals surface area contributed by atoms with Crippen LogP contribution in [0.4, 0.5) is 4.39 Å². The van der Waals surface area contributed by atoms with Crippen molar-refractivity contribution in [2.24, 2.45) is 0 Å². The maximum atomic E-state index is 13.1. The smallest absolute Gasteiger partial charge is 0.124 e. The summed E-state index contributed by atoms with van der Waals surface area (Å²) in [5, 5.41) is 0. The molecule has 3 heteroatoms. The highest BCUT2D eigenvalue weighted by molar-refractivity contribution is 5.38. The van der Waals surface area contributed by atoms with Crippen LogP contribution in [0.15, 0.2) is 48.5 Å². The Bertz CT molecular complexity index is 752. The van der Waals surface area contributed by atoms with Gasteiger partial charge in [0.05, 0.1) is 0 Å². The molecule has 1 unspecified atom stereocenters. The minimum Gasteiger partial charge on any atom is -0.486 e. The molecule has 2 aromatic carbocycles. The molecule has 0 saturated carbocycles. The Morgan fingerprint density at radius 2 is 1.70 bits per heavy atom. The lowest BCUT2D eigenvalue weighted by Crippen LogP contribution is -2.30. The van der Waals surface area contributed by atoms with Crippen LogP contribution in [-0.2, 0) is 0 Å². The van der Waals surface area contributed by atoms with E-state index in [4.69, 9.17) is 4.74 Å². The lowest BCUT2D eigenvalue weighted by molar-refractivity contribution is 0.208. The van der Waals surface area contributed by atoms with Crippen molar-refractivity contribution in [3.63, 3.8) is 0 Å². The third-order valence-corrected chi connectivity index (χ3v) is 4.87. The predicted molar refractivity (Wildman–Crippen MR) is 108 cm³/mol. The standard InChI is InChI=1S/C24H27FNO/c1-2-24(21-11-13-22(25)14-12-21)27-23-15-9-20(10-16-23)8-4-7-19-26-17-5-3-6-18-26/h9-16,24H,1-3,5-7,17-19H2. The Morgan fingerprint density at radius 3 is 2.37 bits per heavy atom. The lowest BCUT2D eigenvalue weighted by atomic mass is 10.1. The fourth-order valence-corrected chi connectivity index (χ4v) is 3.31. The van der Waals surface area contributed by atoms with Crippen LogP contribution < -0.4 is 4.74 Å². The molecule has 2 nitrogen and oxygen atoms in total. The lowest BCUT2D eigenvalue weighted by Gasteiger charge is -2.25. The Labute approximate surface area is 162 Å². The van der Waals surface area contributed by atoms with Crippen LogP contribution in [-0.4, -0.2) is 24.5 Å². The number of ether oxygens (including phenoxy) is 1. The van der Waals surface area contributed by atoms with E-state index in [2.05, 4.69) is 23.7 Å². The third-order valence-electron chi connectivity index (χ3n) is 4.87. The van der Waals surface area contributed by atoms with Gasteiger partial charge in [-0.3, -0.25) is 0 Å². The summed E-state index contributed by atoms with van der Waals surface area (Å²) in [6.07, 6.45) is 5.30. The van der Waals surface area contributed by atoms with E-state index < -0.39 is 0 Å². The second kappa shape index (κ2) is 10.1. The summed E-state index contributed by atoms with van der Waals surface area (Å²) in [5.74, 6) is 7.03. The quantitative estimate of drug-likeness (QED) is 0.637. The van der Waals surface area contributed by atoms with Gasteiger partial charge in [0.1, 0.15) is 17.7 Å². The maximum absolute atomic E-state index is 13.1. The van der Waals surface area contributed by atoms with Crippen LogP contribution in [0.25, 0.3) is 0 Å². The summed E-state index contributed by atoms with van der Waals surface area (Å²) in [6, 6.07) is 14.2. The van der Waals surface area contributed by atoms with Crippen molar-refractivity contribution in [1.29, 1.82) is 0 Å². The molecule has 1 heterocycles. The van der Waals surface area contributed by atoms with Crippen LogP contribution in [0.2, 0.25) is 0 Å². The zero-order valence-electron chi connectivity index (χ0n) is 15.8. The van der Waals surface area contributed by atoms with Gasteiger partial charge in [-0.05, 0) is 81.2 Å². The number of nitrogens with zero attached hydrogens (tertiary/aromatic N) is 1. The van der Waals surface area contributed by atoms with Crippen molar-refractivity contribution in [3.05, 3.63) is 72.4 Å². The molecular weight excluding hydrogens is 337 g/mol. The minimum absolute atomic E-state index is 0.188. The molecule has 1 saturated heterocycles. The minimum atomic E-state index is -0.246. The van der Waals surface area contributed by atoms with E-state index in [1.807, 2.05) is 24.3 Å². The highest BCUT2D eigenvalue weighted by Crippen LogP contribution is 2.25. The van der Waals surface area contributed by atoms with Gasteiger partial charge in [-0.15, -0.1) is 0 Å². The molecule has 0 amide bonds. The van der Waals surface area contributed by atoms with Gasteiger partial charge in [-0.2, -0.15) is 0 Å². The molecule has 0 aromatic heterocycles. The van der Waals surface area contributed by atoms with Crippen molar-refractivity contribution in [3.8, 4) is 17.6 Å². The van der Waals surface area contributed by atoms with E-state index in [1.54, 1.807) is 12.1 Å². The van der Waals surface area contributed by atoms with Crippen LogP contribution >= 0.6 is 0 Å². The topological polar surface area (TPSA) is 12.5 Å². The molecular formula is C24H27FNO. The van der Waals surface area contributed by atoms with Gasteiger partial charge in [0.25, 0.3) is 0 Å². The van der Waals surface area contributed by atoms with Crippen molar-refractivity contribution in [2.45, 2.75) is 38.2 Å². The molecule has 0 N–H and O–H groups in total. The second-order valence-electron chi connectivity index (χ2n) is 6.93. The third kappa shape index (κ3) is 6.12. The van der Waals surface area contributed by atoms with Gasteiger partial charge < -0.3 is 9.64 Å². The highest BCUT2D eigenvalue weighted by Gasteiger charge is 2.11. The summed E-state index contributed by atoms with van der Waals surface area (Å²) in [7, 11) is 0. The van der Waals surface area contributed by atoms with E-state index in [0.717, 1.165) is 29.8 Å².